The van der Waals surface area contributed by atoms with E-state index in [1.807, 2.05) is 13.8 Å². The molecule has 0 aliphatic heterocycles. The summed E-state index contributed by atoms with van der Waals surface area (Å²) in [5, 5.41) is 21.4. The summed E-state index contributed by atoms with van der Waals surface area (Å²) in [6.45, 7) is 3.70. The van der Waals surface area contributed by atoms with Gasteiger partial charge in [0, 0.05) is 0 Å². The quantitative estimate of drug-likeness (QED) is 0.553. The van der Waals surface area contributed by atoms with Crippen LogP contribution < -0.4 is 11.1 Å². The molecule has 1 aliphatic rings. The molecule has 6 nitrogen and oxygen atoms in total. The van der Waals surface area contributed by atoms with Gasteiger partial charge in [0.25, 0.3) is 0 Å². The van der Waals surface area contributed by atoms with Crippen molar-refractivity contribution >= 4 is 11.9 Å². The number of carboxylic acid groups (broad SMARTS) is 1. The van der Waals surface area contributed by atoms with E-state index in [0.29, 0.717) is 12.8 Å². The van der Waals surface area contributed by atoms with Gasteiger partial charge in [-0.3, -0.25) is 9.59 Å². The Balaban J connectivity index is 2.50. The second-order valence-corrected chi connectivity index (χ2v) is 5.30. The van der Waals surface area contributed by atoms with Crippen LogP contribution in [0, 0.1) is 11.8 Å². The minimum atomic E-state index is -0.891. The van der Waals surface area contributed by atoms with E-state index >= 15 is 0 Å². The summed E-state index contributed by atoms with van der Waals surface area (Å²) in [5.41, 5.74) is 5.71. The molecular formula is C12H22N2O4. The number of rotatable bonds is 4. The summed E-state index contributed by atoms with van der Waals surface area (Å²) < 4.78 is 0. The first-order chi connectivity index (χ1) is 8.32. The highest BCUT2D eigenvalue weighted by Gasteiger charge is 2.34. The van der Waals surface area contributed by atoms with Gasteiger partial charge in [-0.15, -0.1) is 0 Å². The lowest BCUT2D eigenvalue weighted by molar-refractivity contribution is -0.144. The number of aliphatic carboxylic acids is 1. The molecule has 1 rings (SSSR count). The number of aliphatic hydroxyl groups excluding tert-OH is 1. The van der Waals surface area contributed by atoms with Crippen molar-refractivity contribution in [1.82, 2.24) is 5.32 Å². The normalized spacial score (nSPS) is 29.9. The van der Waals surface area contributed by atoms with Gasteiger partial charge in [0.05, 0.1) is 24.1 Å². The first-order valence-electron chi connectivity index (χ1n) is 6.29. The van der Waals surface area contributed by atoms with E-state index in [9.17, 15) is 14.7 Å². The van der Waals surface area contributed by atoms with E-state index in [1.54, 1.807) is 0 Å². The highest BCUT2D eigenvalue weighted by molar-refractivity contribution is 5.82. The van der Waals surface area contributed by atoms with Gasteiger partial charge < -0.3 is 21.3 Å². The van der Waals surface area contributed by atoms with E-state index in [0.717, 1.165) is 0 Å². The largest absolute Gasteiger partial charge is 0.481 e. The summed E-state index contributed by atoms with van der Waals surface area (Å²) in [7, 11) is 0. The zero-order valence-electron chi connectivity index (χ0n) is 10.8. The van der Waals surface area contributed by atoms with Crippen molar-refractivity contribution in [3.63, 3.8) is 0 Å². The third kappa shape index (κ3) is 3.68. The topological polar surface area (TPSA) is 113 Å². The van der Waals surface area contributed by atoms with Crippen molar-refractivity contribution in [2.75, 3.05) is 0 Å². The van der Waals surface area contributed by atoms with Gasteiger partial charge >= 0.3 is 5.97 Å². The molecule has 4 atom stereocenters. The molecule has 0 heterocycles. The van der Waals surface area contributed by atoms with E-state index in [2.05, 4.69) is 5.32 Å². The fourth-order valence-corrected chi connectivity index (χ4v) is 2.12. The molecule has 0 aromatic rings. The van der Waals surface area contributed by atoms with Gasteiger partial charge in [-0.25, -0.2) is 0 Å². The van der Waals surface area contributed by atoms with Gasteiger partial charge in [-0.2, -0.15) is 0 Å². The van der Waals surface area contributed by atoms with E-state index in [1.165, 1.54) is 0 Å². The zero-order valence-corrected chi connectivity index (χ0v) is 10.8. The Hall–Kier alpha value is -1.14. The van der Waals surface area contributed by atoms with E-state index in [-0.39, 0.29) is 18.2 Å². The lowest BCUT2D eigenvalue weighted by atomic mass is 9.83. The lowest BCUT2D eigenvalue weighted by Gasteiger charge is -2.32. The molecule has 0 spiro atoms. The maximum absolute atomic E-state index is 11.8. The first kappa shape index (κ1) is 14.9. The van der Waals surface area contributed by atoms with Gasteiger partial charge in [-0.1, -0.05) is 13.8 Å². The highest BCUT2D eigenvalue weighted by Crippen LogP contribution is 2.25. The average Bonchev–Trinajstić information content (AvgIpc) is 2.30. The maximum Gasteiger partial charge on any atom is 0.306 e. The van der Waals surface area contributed by atoms with E-state index < -0.39 is 30.1 Å². The molecule has 0 unspecified atom stereocenters. The van der Waals surface area contributed by atoms with Crippen molar-refractivity contribution in [2.24, 2.45) is 17.6 Å². The molecule has 18 heavy (non-hydrogen) atoms. The number of aliphatic hydroxyl groups is 1. The van der Waals surface area contributed by atoms with Gasteiger partial charge in [0.2, 0.25) is 5.91 Å². The molecule has 0 radical (unpaired) electrons. The second-order valence-electron chi connectivity index (χ2n) is 5.30. The Labute approximate surface area is 107 Å². The van der Waals surface area contributed by atoms with Crippen LogP contribution in [0.15, 0.2) is 0 Å². The first-order valence-corrected chi connectivity index (χ1v) is 6.29. The number of hydrogen-bond acceptors (Lipinski definition) is 4. The number of nitrogens with two attached hydrogens (primary N) is 1. The van der Waals surface area contributed by atoms with Crippen molar-refractivity contribution in [3.05, 3.63) is 0 Å². The van der Waals surface area contributed by atoms with Crippen molar-refractivity contribution < 1.29 is 19.8 Å². The van der Waals surface area contributed by atoms with Crippen LogP contribution in [0.5, 0.6) is 0 Å². The van der Waals surface area contributed by atoms with Crippen molar-refractivity contribution in [2.45, 2.75) is 51.3 Å². The summed E-state index contributed by atoms with van der Waals surface area (Å²) in [6, 6.07) is -0.993. The molecule has 1 saturated carbocycles. The van der Waals surface area contributed by atoms with Gasteiger partial charge in [0.1, 0.15) is 0 Å². The fourth-order valence-electron chi connectivity index (χ4n) is 2.12. The van der Waals surface area contributed by atoms with E-state index in [4.69, 9.17) is 10.8 Å². The molecule has 0 saturated heterocycles. The Morgan fingerprint density at radius 1 is 1.33 bits per heavy atom. The average molecular weight is 258 g/mol. The minimum absolute atomic E-state index is 0.0255. The predicted molar refractivity (Wildman–Crippen MR) is 65.7 cm³/mol. The summed E-state index contributed by atoms with van der Waals surface area (Å²) in [5.74, 6) is -1.68. The zero-order chi connectivity index (χ0) is 13.9. The van der Waals surface area contributed by atoms with Crippen LogP contribution in [0.3, 0.4) is 0 Å². The van der Waals surface area contributed by atoms with Crippen LogP contribution in [0.2, 0.25) is 0 Å². The molecule has 104 valence electrons. The summed E-state index contributed by atoms with van der Waals surface area (Å²) in [6.07, 6.45) is 0.295. The predicted octanol–water partition coefficient (Wildman–Crippen LogP) is -0.300. The summed E-state index contributed by atoms with van der Waals surface area (Å²) in [4.78, 5) is 22.6. The van der Waals surface area contributed by atoms with Crippen LogP contribution in [-0.2, 0) is 9.59 Å². The Kier molecular flexibility index (Phi) is 5.10. The molecule has 0 bridgehead atoms. The standard InChI is InChI=1S/C12H22N2O4/c1-6(2)10(13)11(16)14-8-4-3-7(12(17)18)5-9(8)15/h6-10,15H,3-5,13H2,1-2H3,(H,14,16)(H,17,18)/t7-,8+,9+,10-/m0/s1. The third-order valence-corrected chi connectivity index (χ3v) is 3.51. The van der Waals surface area contributed by atoms with Crippen molar-refractivity contribution in [3.8, 4) is 0 Å². The second kappa shape index (κ2) is 6.15. The summed E-state index contributed by atoms with van der Waals surface area (Å²) >= 11 is 0. The highest BCUT2D eigenvalue weighted by atomic mass is 16.4. The van der Waals surface area contributed by atoms with Gasteiger partial charge in [-0.05, 0) is 25.2 Å². The molecular weight excluding hydrogens is 236 g/mol. The smallest absolute Gasteiger partial charge is 0.306 e. The molecule has 1 fully saturated rings. The maximum atomic E-state index is 11.8. The number of carbonyl (C=O) groups is 2. The molecule has 6 heteroatoms. The number of nitrogens with one attached hydrogen (secondary N) is 1. The molecule has 1 amide bonds. The number of hydrogen-bond donors (Lipinski definition) is 4. The Bertz CT molecular complexity index is 319. The number of carbonyl (C=O) groups excluding carboxylic acids is 1. The van der Waals surface area contributed by atoms with Crippen LogP contribution in [0.25, 0.3) is 0 Å². The van der Waals surface area contributed by atoms with Gasteiger partial charge in [0.15, 0.2) is 0 Å². The number of carboxylic acids is 1. The minimum Gasteiger partial charge on any atom is -0.481 e. The van der Waals surface area contributed by atoms with Crippen LogP contribution >= 0.6 is 0 Å². The van der Waals surface area contributed by atoms with Crippen LogP contribution in [-0.4, -0.2) is 40.3 Å². The molecule has 5 N–H and O–H groups in total. The third-order valence-electron chi connectivity index (χ3n) is 3.51. The van der Waals surface area contributed by atoms with Crippen LogP contribution in [0.1, 0.15) is 33.1 Å². The molecule has 0 aromatic heterocycles. The number of amides is 1. The SMILES string of the molecule is CC(C)[C@H](N)C(=O)N[C@@H]1CC[C@H](C(=O)O)C[C@H]1O. The fraction of sp³-hybridized carbons (Fsp3) is 0.833. The Morgan fingerprint density at radius 3 is 2.39 bits per heavy atom. The lowest BCUT2D eigenvalue weighted by Crippen LogP contribution is -2.53. The Morgan fingerprint density at radius 2 is 1.94 bits per heavy atom. The monoisotopic (exact) mass is 258 g/mol. The molecule has 0 aromatic carbocycles. The van der Waals surface area contributed by atoms with Crippen molar-refractivity contribution in [1.29, 1.82) is 0 Å². The molecule has 1 aliphatic carbocycles. The van der Waals surface area contributed by atoms with Crippen LogP contribution in [0.4, 0.5) is 0 Å².